The number of hydrogen-bond acceptors (Lipinski definition) is 30. The largest absolute Gasteiger partial charge is 0.497 e. The summed E-state index contributed by atoms with van der Waals surface area (Å²) in [5, 5.41) is 28.9. The Balaban J connectivity index is 0.977. The van der Waals surface area contributed by atoms with Gasteiger partial charge in [0.05, 0.1) is 104 Å². The first-order valence-corrected chi connectivity index (χ1v) is 36.0. The summed E-state index contributed by atoms with van der Waals surface area (Å²) < 4.78 is 126. The number of hydrogen-bond donors (Lipinski definition) is 3. The summed E-state index contributed by atoms with van der Waals surface area (Å²) in [5.74, 6) is 1.14. The summed E-state index contributed by atoms with van der Waals surface area (Å²) in [5.41, 5.74) is 17.7. The first-order valence-electron chi connectivity index (χ1n) is 31.9. The van der Waals surface area contributed by atoms with Gasteiger partial charge in [-0.2, -0.15) is 25.8 Å². The summed E-state index contributed by atoms with van der Waals surface area (Å²) in [7, 11) is -8.81. The lowest BCUT2D eigenvalue weighted by atomic mass is 9.80. The van der Waals surface area contributed by atoms with Gasteiger partial charge in [-0.3, -0.25) is 40.8 Å². The Kier molecular flexibility index (Phi) is 25.3. The number of ether oxygens (including phenoxy) is 6. The molecule has 3 aromatic carbocycles. The fourth-order valence-corrected chi connectivity index (χ4v) is 16.3. The van der Waals surface area contributed by atoms with Gasteiger partial charge in [0.15, 0.2) is 11.5 Å². The second-order valence-electron chi connectivity index (χ2n) is 23.5. The molecule has 0 saturated carbocycles. The topological polar surface area (TPSA) is 429 Å². The van der Waals surface area contributed by atoms with Crippen LogP contribution in [0.2, 0.25) is 0 Å². The molecule has 6 N–H and O–H groups in total. The molecule has 100 heavy (non-hydrogen) atoms. The van der Waals surface area contributed by atoms with E-state index in [1.807, 2.05) is 123 Å². The molecule has 7 aromatic rings. The number of nitrogen functional groups attached to an aromatic ring is 3. The number of fused-ring (bicyclic) bond motifs is 1. The van der Waals surface area contributed by atoms with E-state index in [9.17, 15) is 25.4 Å². The van der Waals surface area contributed by atoms with Crippen LogP contribution in [0.5, 0.6) is 11.5 Å². The van der Waals surface area contributed by atoms with Crippen molar-refractivity contribution >= 4 is 52.8 Å². The Morgan fingerprint density at radius 2 is 1.06 bits per heavy atom. The molecule has 0 amide bonds. The summed E-state index contributed by atoms with van der Waals surface area (Å²) in [6.45, 7) is 5.20. The summed E-state index contributed by atoms with van der Waals surface area (Å²) in [4.78, 5) is 47.7. The molecule has 0 aliphatic carbocycles. The molecular weight excluding hydrogens is 1360 g/mol. The van der Waals surface area contributed by atoms with E-state index in [1.165, 1.54) is 41.7 Å². The monoisotopic (exact) mass is 1440 g/mol. The number of aromatic nitrogens is 8. The van der Waals surface area contributed by atoms with E-state index in [0.29, 0.717) is 33.8 Å². The molecule has 12 atom stereocenters. The lowest BCUT2D eigenvalue weighted by Gasteiger charge is -2.37. The highest BCUT2D eigenvalue weighted by Crippen LogP contribution is 2.58. The summed E-state index contributed by atoms with van der Waals surface area (Å²) in [6, 6.07) is 32.7. The third-order valence-corrected chi connectivity index (χ3v) is 21.5. The number of methoxy groups -OCH3 is 2. The van der Waals surface area contributed by atoms with Gasteiger partial charge in [-0.25, -0.2) is 38.3 Å². The predicted molar refractivity (Wildman–Crippen MR) is 359 cm³/mol. The minimum atomic E-state index is -5.00. The van der Waals surface area contributed by atoms with Gasteiger partial charge in [0.2, 0.25) is 0 Å². The van der Waals surface area contributed by atoms with Crippen LogP contribution in [0.3, 0.4) is 0 Å². The van der Waals surface area contributed by atoms with Crippen molar-refractivity contribution in [2.75, 3.05) is 71.1 Å². The molecule has 3 aliphatic rings. The number of phosphoric acid groups is 2. The SMILES string of the molecule is COc1ccc(C(OC[C@H]2O[C@@H](n3cnc4c(N)ncnc43)C[C@@H]2OP(=O)(OCCC#N)OC[C@H]2O[C@@H](n3ccc(N)nc3=O)C[C@@H]2OP(=O)(OCCC#N)OC[C@H]2O[C@@H](n3ccc(N)nc3=O)C[C@@H]2OP(OCCC#N)N(C(C)C)C(C)C)(c2ccccc2)c2ccc(OC)cc2)cc1. The molecule has 0 spiro atoms. The smallest absolute Gasteiger partial charge is 0.475 e. The van der Waals surface area contributed by atoms with E-state index in [2.05, 4.69) is 31.0 Å². The highest BCUT2D eigenvalue weighted by atomic mass is 31.2. The highest BCUT2D eigenvalue weighted by Gasteiger charge is 2.50. The van der Waals surface area contributed by atoms with Gasteiger partial charge in [-0.1, -0.05) is 54.6 Å². The Morgan fingerprint density at radius 3 is 1.54 bits per heavy atom. The molecular formula is C64H78N15O18P3. The molecule has 532 valence electrons. The van der Waals surface area contributed by atoms with Gasteiger partial charge in [0.1, 0.15) is 89.8 Å². The van der Waals surface area contributed by atoms with Gasteiger partial charge in [0.25, 0.3) is 8.53 Å². The first-order chi connectivity index (χ1) is 48.2. The molecule has 4 aromatic heterocycles. The number of rotatable bonds is 35. The van der Waals surface area contributed by atoms with Crippen LogP contribution >= 0.6 is 24.2 Å². The fourth-order valence-electron chi connectivity index (χ4n) is 11.7. The number of benzene rings is 3. The van der Waals surface area contributed by atoms with Crippen molar-refractivity contribution in [3.63, 3.8) is 0 Å². The van der Waals surface area contributed by atoms with Crippen LogP contribution in [0, 0.1) is 34.0 Å². The molecule has 10 rings (SSSR count). The summed E-state index contributed by atoms with van der Waals surface area (Å²) in [6.07, 6.45) is -6.17. The van der Waals surface area contributed by atoms with E-state index in [0.717, 1.165) is 4.57 Å². The highest BCUT2D eigenvalue weighted by molar-refractivity contribution is 7.48. The van der Waals surface area contributed by atoms with Crippen LogP contribution in [0.4, 0.5) is 17.5 Å². The van der Waals surface area contributed by atoms with Crippen molar-refractivity contribution in [1.29, 1.82) is 15.8 Å². The number of phosphoric ester groups is 2. The van der Waals surface area contributed by atoms with Crippen LogP contribution in [0.1, 0.15) is 102 Å². The van der Waals surface area contributed by atoms with Crippen molar-refractivity contribution in [2.24, 2.45) is 0 Å². The van der Waals surface area contributed by atoms with E-state index in [-0.39, 0.29) is 86.8 Å². The molecule has 7 heterocycles. The molecule has 36 heteroatoms. The Morgan fingerprint density at radius 1 is 0.600 bits per heavy atom. The van der Waals surface area contributed by atoms with Crippen LogP contribution < -0.4 is 38.1 Å². The number of imidazole rings is 1. The fraction of sp³-hybridized carbons (Fsp3) is 0.469. The van der Waals surface area contributed by atoms with Crippen LogP contribution in [0.25, 0.3) is 11.2 Å². The van der Waals surface area contributed by atoms with Crippen molar-refractivity contribution in [1.82, 2.24) is 43.3 Å². The second-order valence-corrected chi connectivity index (χ2v) is 28.2. The Hall–Kier alpha value is -8.19. The van der Waals surface area contributed by atoms with Crippen molar-refractivity contribution in [2.45, 2.75) is 139 Å². The molecule has 3 fully saturated rings. The number of nitrogens with two attached hydrogens (primary N) is 3. The molecule has 33 nitrogen and oxygen atoms in total. The minimum Gasteiger partial charge on any atom is -0.497 e. The van der Waals surface area contributed by atoms with Crippen LogP contribution in [-0.4, -0.2) is 146 Å². The number of nitrogens with zero attached hydrogens (tertiary/aromatic N) is 12. The number of anilines is 3. The minimum absolute atomic E-state index is 0.00125. The maximum absolute atomic E-state index is 15.8. The second kappa shape index (κ2) is 34.0. The zero-order chi connectivity index (χ0) is 71.1. The predicted octanol–water partition coefficient (Wildman–Crippen LogP) is 8.52. The zero-order valence-corrected chi connectivity index (χ0v) is 58.3. The molecule has 3 unspecified atom stereocenters. The zero-order valence-electron chi connectivity index (χ0n) is 55.6. The third-order valence-electron chi connectivity index (χ3n) is 16.3. The van der Waals surface area contributed by atoms with Gasteiger partial charge in [-0.15, -0.1) is 0 Å². The average molecular weight is 1440 g/mol. The average Bonchev–Trinajstić information content (AvgIpc) is 0.812. The number of nitriles is 3. The molecule has 3 saturated heterocycles. The maximum Gasteiger partial charge on any atom is 0.475 e. The van der Waals surface area contributed by atoms with Crippen LogP contribution in [0.15, 0.2) is 126 Å². The first kappa shape index (κ1) is 74.5. The quantitative estimate of drug-likeness (QED) is 0.0190. The van der Waals surface area contributed by atoms with E-state index in [4.69, 9.17) is 81.8 Å². The summed E-state index contributed by atoms with van der Waals surface area (Å²) >= 11 is 0. The van der Waals surface area contributed by atoms with Gasteiger partial charge < -0.3 is 54.7 Å². The van der Waals surface area contributed by atoms with Crippen molar-refractivity contribution in [3.05, 3.63) is 154 Å². The van der Waals surface area contributed by atoms with E-state index >= 15 is 9.13 Å². The van der Waals surface area contributed by atoms with Gasteiger partial charge in [0, 0.05) is 43.7 Å². The maximum atomic E-state index is 15.8. The lowest BCUT2D eigenvalue weighted by molar-refractivity contribution is -0.0949. The van der Waals surface area contributed by atoms with Gasteiger partial charge >= 0.3 is 27.0 Å². The van der Waals surface area contributed by atoms with E-state index in [1.54, 1.807) is 18.8 Å². The third kappa shape index (κ3) is 17.7. The molecule has 0 bridgehead atoms. The van der Waals surface area contributed by atoms with Crippen LogP contribution in [-0.2, 0) is 69.9 Å². The molecule has 0 radical (unpaired) electrons. The Labute approximate surface area is 576 Å². The van der Waals surface area contributed by atoms with Crippen molar-refractivity contribution < 1.29 is 73.7 Å². The van der Waals surface area contributed by atoms with Crippen molar-refractivity contribution in [3.8, 4) is 29.7 Å². The Bertz CT molecular complexity index is 4180. The lowest BCUT2D eigenvalue weighted by Crippen LogP contribution is -2.38. The van der Waals surface area contributed by atoms with Gasteiger partial charge in [-0.05, 0) is 80.8 Å². The standard InChI is InChI=1S/C64H78N15O18P3/c1-41(2)79(42(3)4)98(87-30-10-25-65)95-48-33-56(76-28-23-54(68)74-62(76)80)93-52(48)37-90-99(82,88-31-11-26-66)97-50-34-57(77-29-24-55(69)75-63(77)81)94-53(50)38-91-100(83,89-32-12-27-67)96-49-35-58(78-40-73-59-60(70)71-39-72-61(59)78)92-51(49)36-86-64(43-13-8-7-9-14-43,44-15-19-46(84-5)20-16-44)45-17-21-47(85-6)22-18-45/h7-9,13-24,28-29,39-42,48-53,56-58H,10-12,30-38H2,1-6H3,(H2,68,74,80)(H2,69,75,81)(H2,70,71,72)/t48-,49-,50-,51+,52+,53+,56+,57+,58+,98?,99?,100?/m0/s1. The normalized spacial score (nSPS) is 22.3. The van der Waals surface area contributed by atoms with E-state index < -0.39 is 123 Å². The molecule has 3 aliphatic heterocycles.